The molecule has 0 bridgehead atoms. The lowest BCUT2D eigenvalue weighted by Crippen LogP contribution is -2.39. The van der Waals surface area contributed by atoms with Gasteiger partial charge in [-0.1, -0.05) is 0 Å². The summed E-state index contributed by atoms with van der Waals surface area (Å²) < 4.78 is 10.3. The van der Waals surface area contributed by atoms with Crippen LogP contribution in [0.1, 0.15) is 25.7 Å². The Hall–Kier alpha value is -1.56. The molecule has 0 radical (unpaired) electrons. The number of anilines is 1. The number of nitrogens with zero attached hydrogens (tertiary/aromatic N) is 3. The van der Waals surface area contributed by atoms with Gasteiger partial charge in [0.05, 0.1) is 20.3 Å². The highest BCUT2D eigenvalue weighted by Gasteiger charge is 2.24. The maximum atomic E-state index is 5.94. The zero-order chi connectivity index (χ0) is 13.8. The summed E-state index contributed by atoms with van der Waals surface area (Å²) in [7, 11) is 5.19. The Labute approximate surface area is 113 Å². The number of nitrogens with two attached hydrogens (primary N) is 1. The first-order valence-corrected chi connectivity index (χ1v) is 6.59. The van der Waals surface area contributed by atoms with E-state index in [9.17, 15) is 0 Å². The molecule has 19 heavy (non-hydrogen) atoms. The maximum Gasteiger partial charge on any atom is 0.231 e. The van der Waals surface area contributed by atoms with Crippen molar-refractivity contribution in [3.8, 4) is 11.8 Å². The first-order chi connectivity index (χ1) is 9.13. The van der Waals surface area contributed by atoms with E-state index in [0.717, 1.165) is 25.7 Å². The predicted octanol–water partition coefficient (Wildman–Crippen LogP) is 1.20. The van der Waals surface area contributed by atoms with Crippen LogP contribution in [0.3, 0.4) is 0 Å². The van der Waals surface area contributed by atoms with Crippen LogP contribution in [0.4, 0.5) is 5.95 Å². The summed E-state index contributed by atoms with van der Waals surface area (Å²) in [6.07, 6.45) is 4.24. The monoisotopic (exact) mass is 266 g/mol. The van der Waals surface area contributed by atoms with Crippen LogP contribution in [0, 0.1) is 0 Å². The molecule has 0 aromatic carbocycles. The van der Waals surface area contributed by atoms with E-state index in [-0.39, 0.29) is 0 Å². The fraction of sp³-hybridized carbons (Fsp3) is 0.692. The second kappa shape index (κ2) is 6.06. The molecular formula is C13H22N4O2. The van der Waals surface area contributed by atoms with Gasteiger partial charge >= 0.3 is 0 Å². The van der Waals surface area contributed by atoms with E-state index in [4.69, 9.17) is 15.2 Å². The van der Waals surface area contributed by atoms with Crippen LogP contribution in [0.5, 0.6) is 11.8 Å². The minimum atomic E-state index is 0.338. The smallest absolute Gasteiger partial charge is 0.231 e. The molecule has 1 fully saturated rings. The van der Waals surface area contributed by atoms with E-state index in [2.05, 4.69) is 14.9 Å². The lowest BCUT2D eigenvalue weighted by Gasteiger charge is -2.33. The first kappa shape index (κ1) is 13.9. The predicted molar refractivity (Wildman–Crippen MR) is 73.8 cm³/mol. The molecular weight excluding hydrogens is 244 g/mol. The summed E-state index contributed by atoms with van der Waals surface area (Å²) >= 11 is 0. The van der Waals surface area contributed by atoms with Crippen LogP contribution in [0.25, 0.3) is 0 Å². The van der Waals surface area contributed by atoms with E-state index in [1.54, 1.807) is 20.3 Å². The molecule has 1 aliphatic carbocycles. The van der Waals surface area contributed by atoms with Gasteiger partial charge in [0.1, 0.15) is 0 Å². The average Bonchev–Trinajstić information content (AvgIpc) is 2.46. The standard InChI is InChI=1S/C13H22N4O2/c1-17(10-6-4-9(14)5-7-10)13-15-11(18-2)8-12(16-13)19-3/h8-10H,4-7,14H2,1-3H3. The highest BCUT2D eigenvalue weighted by Crippen LogP contribution is 2.26. The topological polar surface area (TPSA) is 73.5 Å². The number of hydrogen-bond donors (Lipinski definition) is 1. The van der Waals surface area contributed by atoms with Gasteiger partial charge in [0.15, 0.2) is 0 Å². The van der Waals surface area contributed by atoms with Gasteiger partial charge in [-0.05, 0) is 25.7 Å². The van der Waals surface area contributed by atoms with Gasteiger partial charge in [0.2, 0.25) is 17.7 Å². The van der Waals surface area contributed by atoms with Crippen molar-refractivity contribution in [1.29, 1.82) is 0 Å². The molecule has 0 amide bonds. The number of ether oxygens (including phenoxy) is 2. The molecule has 0 spiro atoms. The minimum absolute atomic E-state index is 0.338. The maximum absolute atomic E-state index is 5.94. The molecule has 0 unspecified atom stereocenters. The van der Waals surface area contributed by atoms with Crippen LogP contribution in [-0.4, -0.2) is 43.3 Å². The molecule has 2 rings (SSSR count). The lowest BCUT2D eigenvalue weighted by molar-refractivity contribution is 0.362. The van der Waals surface area contributed by atoms with E-state index >= 15 is 0 Å². The fourth-order valence-corrected chi connectivity index (χ4v) is 2.41. The largest absolute Gasteiger partial charge is 0.481 e. The molecule has 2 N–H and O–H groups in total. The Kier molecular flexibility index (Phi) is 4.42. The van der Waals surface area contributed by atoms with Gasteiger partial charge in [-0.3, -0.25) is 0 Å². The molecule has 1 saturated carbocycles. The minimum Gasteiger partial charge on any atom is -0.481 e. The second-order valence-electron chi connectivity index (χ2n) is 4.93. The highest BCUT2D eigenvalue weighted by molar-refractivity contribution is 5.37. The Morgan fingerprint density at radius 1 is 1.11 bits per heavy atom. The van der Waals surface area contributed by atoms with Gasteiger partial charge in [0.25, 0.3) is 0 Å². The van der Waals surface area contributed by atoms with Gasteiger partial charge in [0, 0.05) is 19.1 Å². The highest BCUT2D eigenvalue weighted by atomic mass is 16.5. The van der Waals surface area contributed by atoms with Crippen molar-refractivity contribution in [2.75, 3.05) is 26.2 Å². The Morgan fingerprint density at radius 3 is 2.11 bits per heavy atom. The molecule has 1 aliphatic rings. The molecule has 6 heteroatoms. The summed E-state index contributed by atoms with van der Waals surface area (Å²) in [6.45, 7) is 0. The zero-order valence-electron chi connectivity index (χ0n) is 11.8. The third-order valence-electron chi connectivity index (χ3n) is 3.69. The Morgan fingerprint density at radius 2 is 1.63 bits per heavy atom. The van der Waals surface area contributed by atoms with Crippen molar-refractivity contribution in [3.63, 3.8) is 0 Å². The third-order valence-corrected chi connectivity index (χ3v) is 3.69. The van der Waals surface area contributed by atoms with Gasteiger partial charge in [-0.25, -0.2) is 0 Å². The summed E-state index contributed by atoms with van der Waals surface area (Å²) in [6, 6.07) is 2.44. The number of rotatable bonds is 4. The van der Waals surface area contributed by atoms with E-state index in [1.165, 1.54) is 0 Å². The van der Waals surface area contributed by atoms with E-state index in [0.29, 0.717) is 29.8 Å². The molecule has 0 saturated heterocycles. The molecule has 106 valence electrons. The summed E-state index contributed by atoms with van der Waals surface area (Å²) in [5.41, 5.74) is 5.94. The number of hydrogen-bond acceptors (Lipinski definition) is 6. The SMILES string of the molecule is COc1cc(OC)nc(N(C)C2CCC(N)CC2)n1. The normalized spacial score (nSPS) is 22.9. The van der Waals surface area contributed by atoms with Crippen molar-refractivity contribution in [1.82, 2.24) is 9.97 Å². The molecule has 1 aromatic rings. The van der Waals surface area contributed by atoms with Crippen molar-refractivity contribution >= 4 is 5.95 Å². The third kappa shape index (κ3) is 3.26. The molecule has 0 atom stereocenters. The van der Waals surface area contributed by atoms with Crippen LogP contribution in [0.2, 0.25) is 0 Å². The number of aromatic nitrogens is 2. The molecule has 1 heterocycles. The van der Waals surface area contributed by atoms with Crippen LogP contribution >= 0.6 is 0 Å². The summed E-state index contributed by atoms with van der Waals surface area (Å²) in [4.78, 5) is 10.8. The van der Waals surface area contributed by atoms with Gasteiger partial charge in [-0.15, -0.1) is 0 Å². The zero-order valence-corrected chi connectivity index (χ0v) is 11.8. The van der Waals surface area contributed by atoms with Gasteiger partial charge in [-0.2, -0.15) is 9.97 Å². The van der Waals surface area contributed by atoms with E-state index in [1.807, 2.05) is 7.05 Å². The Bertz CT molecular complexity index is 397. The molecule has 1 aromatic heterocycles. The van der Waals surface area contributed by atoms with Crippen LogP contribution < -0.4 is 20.1 Å². The van der Waals surface area contributed by atoms with Crippen molar-refractivity contribution < 1.29 is 9.47 Å². The summed E-state index contributed by atoms with van der Waals surface area (Å²) in [5, 5.41) is 0. The quantitative estimate of drug-likeness (QED) is 0.882. The van der Waals surface area contributed by atoms with E-state index < -0.39 is 0 Å². The average molecular weight is 266 g/mol. The van der Waals surface area contributed by atoms with Crippen LogP contribution in [-0.2, 0) is 0 Å². The fourth-order valence-electron chi connectivity index (χ4n) is 2.41. The van der Waals surface area contributed by atoms with Crippen molar-refractivity contribution in [2.24, 2.45) is 5.73 Å². The first-order valence-electron chi connectivity index (χ1n) is 6.59. The Balaban J connectivity index is 2.15. The molecule has 0 aliphatic heterocycles. The second-order valence-corrected chi connectivity index (χ2v) is 4.93. The van der Waals surface area contributed by atoms with Crippen molar-refractivity contribution in [3.05, 3.63) is 6.07 Å². The summed E-state index contributed by atoms with van der Waals surface area (Å²) in [5.74, 6) is 1.67. The van der Waals surface area contributed by atoms with Crippen molar-refractivity contribution in [2.45, 2.75) is 37.8 Å². The molecule has 6 nitrogen and oxygen atoms in total. The number of methoxy groups -OCH3 is 2. The van der Waals surface area contributed by atoms with Gasteiger partial charge < -0.3 is 20.1 Å². The van der Waals surface area contributed by atoms with Crippen LogP contribution in [0.15, 0.2) is 6.07 Å². The lowest BCUT2D eigenvalue weighted by atomic mass is 9.91.